The van der Waals surface area contributed by atoms with Gasteiger partial charge in [-0.15, -0.1) is 0 Å². The molecule has 1 aliphatic carbocycles. The number of hydrogen-bond donors (Lipinski definition) is 2. The molecular formula is C16H18FNO2S. The second kappa shape index (κ2) is 7.48. The number of rotatable bonds is 3. The van der Waals surface area contributed by atoms with Crippen LogP contribution in [0, 0.1) is 17.7 Å². The van der Waals surface area contributed by atoms with E-state index in [0.29, 0.717) is 10.8 Å². The van der Waals surface area contributed by atoms with Crippen LogP contribution in [-0.4, -0.2) is 35.2 Å². The molecule has 2 rings (SSSR count). The summed E-state index contributed by atoms with van der Waals surface area (Å²) in [4.78, 5) is 12.3. The van der Waals surface area contributed by atoms with E-state index in [9.17, 15) is 9.18 Å². The summed E-state index contributed by atoms with van der Waals surface area (Å²) in [6, 6.07) is 4.05. The number of carbonyl (C=O) groups excluding carboxylic acids is 1. The fourth-order valence-corrected chi connectivity index (χ4v) is 3.29. The van der Waals surface area contributed by atoms with Gasteiger partial charge in [-0.2, -0.15) is 11.8 Å². The largest absolute Gasteiger partial charge is 0.384 e. The number of carbonyl (C=O) groups is 1. The first-order valence-corrected chi connectivity index (χ1v) is 8.15. The first kappa shape index (κ1) is 15.9. The third kappa shape index (κ3) is 4.23. The Balaban J connectivity index is 2.13. The minimum Gasteiger partial charge on any atom is -0.384 e. The van der Waals surface area contributed by atoms with E-state index < -0.39 is 5.82 Å². The third-order valence-corrected chi connectivity index (χ3v) is 4.68. The smallest absolute Gasteiger partial charge is 0.252 e. The number of aliphatic hydroxyl groups excluding tert-OH is 1. The van der Waals surface area contributed by atoms with Gasteiger partial charge in [0.05, 0.1) is 5.56 Å². The zero-order valence-corrected chi connectivity index (χ0v) is 12.7. The van der Waals surface area contributed by atoms with Crippen molar-refractivity contribution in [2.24, 2.45) is 0 Å². The van der Waals surface area contributed by atoms with E-state index in [4.69, 9.17) is 5.11 Å². The highest BCUT2D eigenvalue weighted by Crippen LogP contribution is 2.28. The fraction of sp³-hybridized carbons (Fsp3) is 0.438. The predicted octanol–water partition coefficient (Wildman–Crippen LogP) is 2.18. The third-order valence-electron chi connectivity index (χ3n) is 3.58. The van der Waals surface area contributed by atoms with E-state index in [0.717, 1.165) is 19.3 Å². The summed E-state index contributed by atoms with van der Waals surface area (Å²) in [5.41, 5.74) is 0.658. The number of nitrogens with one attached hydrogen (secondary N) is 1. The highest BCUT2D eigenvalue weighted by molar-refractivity contribution is 7.99. The minimum absolute atomic E-state index is 0.136. The summed E-state index contributed by atoms with van der Waals surface area (Å²) in [7, 11) is 0. The monoisotopic (exact) mass is 307 g/mol. The highest BCUT2D eigenvalue weighted by Gasteiger charge is 2.26. The van der Waals surface area contributed by atoms with Crippen molar-refractivity contribution in [1.82, 2.24) is 5.32 Å². The van der Waals surface area contributed by atoms with Gasteiger partial charge in [0.25, 0.3) is 5.91 Å². The van der Waals surface area contributed by atoms with Crippen LogP contribution in [0.2, 0.25) is 0 Å². The van der Waals surface area contributed by atoms with Crippen LogP contribution in [0.4, 0.5) is 4.39 Å². The summed E-state index contributed by atoms with van der Waals surface area (Å²) in [6.07, 6.45) is 5.06. The zero-order chi connectivity index (χ0) is 15.2. The highest BCUT2D eigenvalue weighted by atomic mass is 32.2. The Morgan fingerprint density at radius 1 is 1.52 bits per heavy atom. The molecule has 3 nitrogen and oxygen atoms in total. The zero-order valence-electron chi connectivity index (χ0n) is 11.9. The molecule has 5 heteroatoms. The van der Waals surface area contributed by atoms with Crippen LogP contribution in [-0.2, 0) is 0 Å². The standard InChI is InChI=1S/C16H18FNO2S/c1-21-14-7-6-13(10-14)18-16(20)15-9-12(17)5-4-11(15)3-2-8-19/h4-5,9,13-14,19H,6-8,10H2,1H3,(H,18,20). The lowest BCUT2D eigenvalue weighted by Gasteiger charge is -2.13. The molecule has 1 fully saturated rings. The maximum absolute atomic E-state index is 13.4. The van der Waals surface area contributed by atoms with Crippen molar-refractivity contribution in [3.63, 3.8) is 0 Å². The summed E-state index contributed by atoms with van der Waals surface area (Å²) in [5, 5.41) is 12.3. The van der Waals surface area contributed by atoms with Gasteiger partial charge in [0.1, 0.15) is 12.4 Å². The molecule has 1 saturated carbocycles. The van der Waals surface area contributed by atoms with Gasteiger partial charge >= 0.3 is 0 Å². The van der Waals surface area contributed by atoms with Crippen molar-refractivity contribution >= 4 is 17.7 Å². The molecule has 0 spiro atoms. The number of benzene rings is 1. The Kier molecular flexibility index (Phi) is 5.66. The van der Waals surface area contributed by atoms with Crippen molar-refractivity contribution < 1.29 is 14.3 Å². The minimum atomic E-state index is -0.469. The molecule has 1 amide bonds. The van der Waals surface area contributed by atoms with E-state index in [-0.39, 0.29) is 24.1 Å². The second-order valence-electron chi connectivity index (χ2n) is 4.99. The molecule has 0 aliphatic heterocycles. The molecule has 1 aromatic rings. The van der Waals surface area contributed by atoms with E-state index in [2.05, 4.69) is 23.4 Å². The average molecular weight is 307 g/mol. The van der Waals surface area contributed by atoms with Gasteiger partial charge in [0.2, 0.25) is 0 Å². The average Bonchev–Trinajstić information content (AvgIpc) is 2.93. The molecule has 0 heterocycles. The fourth-order valence-electron chi connectivity index (χ4n) is 2.50. The number of aliphatic hydroxyl groups is 1. The Morgan fingerprint density at radius 3 is 3.00 bits per heavy atom. The molecule has 0 bridgehead atoms. The van der Waals surface area contributed by atoms with Crippen molar-refractivity contribution in [2.75, 3.05) is 12.9 Å². The molecule has 1 aliphatic rings. The maximum atomic E-state index is 13.4. The number of halogens is 1. The van der Waals surface area contributed by atoms with Gasteiger partial charge in [0.15, 0.2) is 0 Å². The van der Waals surface area contributed by atoms with Gasteiger partial charge in [-0.3, -0.25) is 4.79 Å². The topological polar surface area (TPSA) is 49.3 Å². The number of hydrogen-bond acceptors (Lipinski definition) is 3. The van der Waals surface area contributed by atoms with Crippen molar-refractivity contribution in [1.29, 1.82) is 0 Å². The lowest BCUT2D eigenvalue weighted by Crippen LogP contribution is -2.33. The van der Waals surface area contributed by atoms with Crippen LogP contribution in [0.5, 0.6) is 0 Å². The Morgan fingerprint density at radius 2 is 2.33 bits per heavy atom. The van der Waals surface area contributed by atoms with Crippen LogP contribution in [0.25, 0.3) is 0 Å². The van der Waals surface area contributed by atoms with Crippen LogP contribution >= 0.6 is 11.8 Å². The Labute approximate surface area is 128 Å². The normalized spacial score (nSPS) is 20.7. The summed E-state index contributed by atoms with van der Waals surface area (Å²) >= 11 is 1.81. The molecule has 0 radical (unpaired) electrons. The number of thioether (sulfide) groups is 1. The van der Waals surface area contributed by atoms with Crippen LogP contribution < -0.4 is 5.32 Å². The lowest BCUT2D eigenvalue weighted by atomic mass is 10.1. The van der Waals surface area contributed by atoms with Crippen LogP contribution in [0.3, 0.4) is 0 Å². The quantitative estimate of drug-likeness (QED) is 0.842. The molecule has 0 aromatic heterocycles. The molecule has 2 unspecified atom stereocenters. The first-order chi connectivity index (χ1) is 10.1. The molecule has 2 N–H and O–H groups in total. The summed E-state index contributed by atoms with van der Waals surface area (Å²) in [6.45, 7) is -0.295. The molecule has 2 atom stereocenters. The molecule has 21 heavy (non-hydrogen) atoms. The van der Waals surface area contributed by atoms with Crippen molar-refractivity contribution in [3.8, 4) is 11.8 Å². The van der Waals surface area contributed by atoms with Crippen molar-refractivity contribution in [2.45, 2.75) is 30.6 Å². The molecular weight excluding hydrogens is 289 g/mol. The Bertz CT molecular complexity index is 579. The van der Waals surface area contributed by atoms with Crippen LogP contribution in [0.15, 0.2) is 18.2 Å². The first-order valence-electron chi connectivity index (χ1n) is 6.87. The molecule has 1 aromatic carbocycles. The van der Waals surface area contributed by atoms with Crippen molar-refractivity contribution in [3.05, 3.63) is 35.1 Å². The second-order valence-corrected chi connectivity index (χ2v) is 6.13. The maximum Gasteiger partial charge on any atom is 0.252 e. The SMILES string of the molecule is CSC1CCC(NC(=O)c2cc(F)ccc2C#CCO)C1. The van der Waals surface area contributed by atoms with Gasteiger partial charge in [-0.1, -0.05) is 11.8 Å². The Hall–Kier alpha value is -1.51. The molecule has 112 valence electrons. The van der Waals surface area contributed by atoms with Gasteiger partial charge in [-0.25, -0.2) is 4.39 Å². The van der Waals surface area contributed by atoms with Crippen LogP contribution in [0.1, 0.15) is 35.2 Å². The lowest BCUT2D eigenvalue weighted by molar-refractivity contribution is 0.0937. The van der Waals surface area contributed by atoms with E-state index in [1.165, 1.54) is 18.2 Å². The van der Waals surface area contributed by atoms with Gasteiger partial charge < -0.3 is 10.4 Å². The van der Waals surface area contributed by atoms with E-state index >= 15 is 0 Å². The molecule has 0 saturated heterocycles. The number of amides is 1. The van der Waals surface area contributed by atoms with Gasteiger partial charge in [-0.05, 0) is 43.7 Å². The summed E-state index contributed by atoms with van der Waals surface area (Å²) < 4.78 is 13.4. The van der Waals surface area contributed by atoms with E-state index in [1.807, 2.05) is 11.8 Å². The summed E-state index contributed by atoms with van der Waals surface area (Å²) in [5.74, 6) is 4.40. The van der Waals surface area contributed by atoms with E-state index in [1.54, 1.807) is 0 Å². The predicted molar refractivity (Wildman–Crippen MR) is 82.8 cm³/mol. The van der Waals surface area contributed by atoms with Gasteiger partial charge in [0, 0.05) is 16.9 Å².